The number of rotatable bonds is 9. The Kier molecular flexibility index (Phi) is 6.40. The van der Waals surface area contributed by atoms with Gasteiger partial charge in [-0.3, -0.25) is 4.68 Å². The van der Waals surface area contributed by atoms with Gasteiger partial charge in [0, 0.05) is 18.8 Å². The molecule has 0 aliphatic heterocycles. The summed E-state index contributed by atoms with van der Waals surface area (Å²) in [5.74, 6) is 1.49. The van der Waals surface area contributed by atoms with Crippen LogP contribution in [0.5, 0.6) is 5.75 Å². The van der Waals surface area contributed by atoms with E-state index >= 15 is 0 Å². The molecule has 2 rings (SSSR count). The molecule has 132 valence electrons. The quantitative estimate of drug-likeness (QED) is 0.733. The minimum absolute atomic E-state index is 0.240. The fraction of sp³-hybridized carbons (Fsp3) is 0.588. The predicted molar refractivity (Wildman–Crippen MR) is 95.9 cm³/mol. The van der Waals surface area contributed by atoms with Gasteiger partial charge in [-0.2, -0.15) is 10.1 Å². The maximum atomic E-state index is 5.88. The molecule has 0 bridgehead atoms. The van der Waals surface area contributed by atoms with Crippen LogP contribution >= 0.6 is 0 Å². The van der Waals surface area contributed by atoms with Gasteiger partial charge in [-0.15, -0.1) is 0 Å². The molecule has 7 heteroatoms. The van der Waals surface area contributed by atoms with E-state index in [2.05, 4.69) is 34.2 Å². The van der Waals surface area contributed by atoms with E-state index in [0.29, 0.717) is 24.2 Å². The number of hydrogen-bond donors (Lipinski definition) is 2. The van der Waals surface area contributed by atoms with Crippen molar-refractivity contribution in [1.82, 2.24) is 19.7 Å². The van der Waals surface area contributed by atoms with Gasteiger partial charge in [-0.25, -0.2) is 4.98 Å². The van der Waals surface area contributed by atoms with Crippen LogP contribution in [0.1, 0.15) is 50.9 Å². The number of ether oxygens (including phenoxy) is 1. The molecule has 0 aliphatic carbocycles. The number of nitrogens with two attached hydrogens (primary N) is 1. The van der Waals surface area contributed by atoms with Crippen LogP contribution in [0.2, 0.25) is 0 Å². The second-order valence-electron chi connectivity index (χ2n) is 6.02. The van der Waals surface area contributed by atoms with Crippen molar-refractivity contribution in [3.63, 3.8) is 0 Å². The van der Waals surface area contributed by atoms with E-state index in [1.54, 1.807) is 6.20 Å². The first-order valence-corrected chi connectivity index (χ1v) is 8.54. The minimum atomic E-state index is 0.240. The van der Waals surface area contributed by atoms with Crippen molar-refractivity contribution in [3.8, 4) is 5.75 Å². The van der Waals surface area contributed by atoms with Gasteiger partial charge in [0.15, 0.2) is 11.6 Å². The number of hydrogen-bond acceptors (Lipinski definition) is 6. The lowest BCUT2D eigenvalue weighted by Gasteiger charge is -2.19. The van der Waals surface area contributed by atoms with Gasteiger partial charge in [0.1, 0.15) is 12.3 Å². The zero-order valence-electron chi connectivity index (χ0n) is 15.0. The van der Waals surface area contributed by atoms with Crippen LogP contribution < -0.4 is 15.8 Å². The fourth-order valence-electron chi connectivity index (χ4n) is 2.47. The summed E-state index contributed by atoms with van der Waals surface area (Å²) in [6, 6.07) is 2.35. The molecule has 2 heterocycles. The van der Waals surface area contributed by atoms with Crippen LogP contribution in [0.25, 0.3) is 0 Å². The van der Waals surface area contributed by atoms with Gasteiger partial charge in [-0.05, 0) is 25.8 Å². The monoisotopic (exact) mass is 332 g/mol. The number of nitrogens with zero attached hydrogens (tertiary/aromatic N) is 4. The van der Waals surface area contributed by atoms with E-state index in [9.17, 15) is 0 Å². The molecule has 0 amide bonds. The average Bonchev–Trinajstić information content (AvgIpc) is 2.88. The number of nitrogens with one attached hydrogen (secondary N) is 1. The number of anilines is 2. The first-order chi connectivity index (χ1) is 11.5. The van der Waals surface area contributed by atoms with Crippen LogP contribution in [-0.4, -0.2) is 25.8 Å². The van der Waals surface area contributed by atoms with E-state index in [4.69, 9.17) is 10.5 Å². The molecule has 0 aliphatic rings. The van der Waals surface area contributed by atoms with Gasteiger partial charge in [0.05, 0.1) is 6.20 Å². The highest BCUT2D eigenvalue weighted by atomic mass is 16.5. The molecule has 1 unspecified atom stereocenters. The molecule has 1 atom stereocenters. The molecule has 24 heavy (non-hydrogen) atoms. The lowest BCUT2D eigenvalue weighted by Crippen LogP contribution is -2.20. The molecular formula is C17H28N6O. The molecule has 2 aromatic rings. The van der Waals surface area contributed by atoms with Crippen molar-refractivity contribution in [1.29, 1.82) is 0 Å². The van der Waals surface area contributed by atoms with Crippen molar-refractivity contribution in [2.24, 2.45) is 7.05 Å². The van der Waals surface area contributed by atoms with Gasteiger partial charge >= 0.3 is 0 Å². The van der Waals surface area contributed by atoms with Crippen LogP contribution in [0, 0.1) is 6.92 Å². The minimum Gasteiger partial charge on any atom is -0.482 e. The van der Waals surface area contributed by atoms with Crippen LogP contribution in [0.15, 0.2) is 12.3 Å². The van der Waals surface area contributed by atoms with Gasteiger partial charge < -0.3 is 15.8 Å². The Hall–Kier alpha value is -2.31. The van der Waals surface area contributed by atoms with E-state index in [0.717, 1.165) is 24.2 Å². The molecule has 0 spiro atoms. The molecule has 0 aromatic carbocycles. The normalized spacial score (nSPS) is 12.2. The molecular weight excluding hydrogens is 304 g/mol. The first-order valence-electron chi connectivity index (χ1n) is 8.54. The topological polar surface area (TPSA) is 90.9 Å². The Morgan fingerprint density at radius 1 is 1.38 bits per heavy atom. The third-order valence-corrected chi connectivity index (χ3v) is 4.05. The summed E-state index contributed by atoms with van der Waals surface area (Å²) in [5, 5.41) is 7.84. The number of aryl methyl sites for hydroxylation is 2. The highest BCUT2D eigenvalue weighted by Crippen LogP contribution is 2.25. The van der Waals surface area contributed by atoms with Crippen LogP contribution in [-0.2, 0) is 13.7 Å². The summed E-state index contributed by atoms with van der Waals surface area (Å²) in [4.78, 5) is 8.36. The molecule has 0 fully saturated rings. The predicted octanol–water partition coefficient (Wildman–Crippen LogP) is 3.06. The Morgan fingerprint density at radius 2 is 2.17 bits per heavy atom. The number of unbranched alkanes of at least 4 members (excludes halogenated alkanes) is 1. The van der Waals surface area contributed by atoms with Crippen molar-refractivity contribution >= 4 is 11.8 Å². The summed E-state index contributed by atoms with van der Waals surface area (Å²) in [6.07, 6.45) is 6.08. The van der Waals surface area contributed by atoms with Crippen LogP contribution in [0.4, 0.5) is 11.8 Å². The van der Waals surface area contributed by atoms with E-state index in [1.807, 2.05) is 24.7 Å². The largest absolute Gasteiger partial charge is 0.482 e. The van der Waals surface area contributed by atoms with Crippen molar-refractivity contribution in [2.45, 2.75) is 59.1 Å². The van der Waals surface area contributed by atoms with E-state index in [-0.39, 0.29) is 5.95 Å². The Balaban J connectivity index is 2.08. The number of aromatic nitrogens is 4. The lowest BCUT2D eigenvalue weighted by atomic mass is 10.1. The maximum absolute atomic E-state index is 5.88. The van der Waals surface area contributed by atoms with Gasteiger partial charge in [-0.1, -0.05) is 26.7 Å². The maximum Gasteiger partial charge on any atom is 0.222 e. The number of nitrogen functional groups attached to an aromatic ring is 1. The summed E-state index contributed by atoms with van der Waals surface area (Å²) < 4.78 is 7.71. The van der Waals surface area contributed by atoms with E-state index in [1.165, 1.54) is 12.8 Å². The summed E-state index contributed by atoms with van der Waals surface area (Å²) >= 11 is 0. The molecule has 3 N–H and O–H groups in total. The Labute approximate surface area is 143 Å². The second-order valence-corrected chi connectivity index (χ2v) is 6.02. The van der Waals surface area contributed by atoms with Gasteiger partial charge in [0.2, 0.25) is 5.95 Å². The Morgan fingerprint density at radius 3 is 2.79 bits per heavy atom. The summed E-state index contributed by atoms with van der Waals surface area (Å²) in [6.45, 7) is 6.73. The van der Waals surface area contributed by atoms with Gasteiger partial charge in [0.25, 0.3) is 0 Å². The smallest absolute Gasteiger partial charge is 0.222 e. The molecule has 0 saturated carbocycles. The zero-order valence-corrected chi connectivity index (χ0v) is 15.0. The standard InChI is InChI=1S/C17H28N6O/c1-5-7-8-13(6-2)20-16-15(10-19-17(18)21-16)24-11-14-9-12(3)23(4)22-14/h9-10,13H,5-8,11H2,1-4H3,(H3,18,19,20,21). The highest BCUT2D eigenvalue weighted by molar-refractivity contribution is 5.51. The van der Waals surface area contributed by atoms with E-state index < -0.39 is 0 Å². The SMILES string of the molecule is CCCCC(CC)Nc1nc(N)ncc1OCc1cc(C)n(C)n1. The lowest BCUT2D eigenvalue weighted by molar-refractivity contribution is 0.299. The third-order valence-electron chi connectivity index (χ3n) is 4.05. The summed E-state index contributed by atoms with van der Waals surface area (Å²) in [7, 11) is 1.91. The first kappa shape index (κ1) is 18.0. The Bertz CT molecular complexity index is 635. The zero-order chi connectivity index (χ0) is 17.5. The van der Waals surface area contributed by atoms with Crippen molar-refractivity contribution in [3.05, 3.63) is 23.7 Å². The van der Waals surface area contributed by atoms with Crippen LogP contribution in [0.3, 0.4) is 0 Å². The molecule has 7 nitrogen and oxygen atoms in total. The average molecular weight is 332 g/mol. The molecule has 2 aromatic heterocycles. The summed E-state index contributed by atoms with van der Waals surface area (Å²) in [5.41, 5.74) is 7.70. The second kappa shape index (κ2) is 8.52. The van der Waals surface area contributed by atoms with Crippen molar-refractivity contribution < 1.29 is 4.74 Å². The fourth-order valence-corrected chi connectivity index (χ4v) is 2.47. The third kappa shape index (κ3) is 4.84. The highest BCUT2D eigenvalue weighted by Gasteiger charge is 2.13. The van der Waals surface area contributed by atoms with Crippen molar-refractivity contribution in [2.75, 3.05) is 11.1 Å². The molecule has 0 saturated heterocycles. The molecule has 0 radical (unpaired) electrons.